The summed E-state index contributed by atoms with van der Waals surface area (Å²) in [6.07, 6.45) is 1.46. The zero-order chi connectivity index (χ0) is 24.8. The van der Waals surface area contributed by atoms with Crippen LogP contribution in [-0.4, -0.2) is 28.4 Å². The molecule has 0 aliphatic heterocycles. The van der Waals surface area contributed by atoms with E-state index in [4.69, 9.17) is 9.47 Å². The van der Waals surface area contributed by atoms with Crippen LogP contribution < -0.4 is 10.1 Å². The van der Waals surface area contributed by atoms with Crippen LogP contribution in [-0.2, 0) is 11.3 Å². The van der Waals surface area contributed by atoms with Crippen molar-refractivity contribution in [1.29, 1.82) is 0 Å². The van der Waals surface area contributed by atoms with Gasteiger partial charge in [-0.3, -0.25) is 14.9 Å². The quantitative estimate of drug-likeness (QED) is 0.217. The molecular formula is C26H21N3O6. The number of hydrogen-bond acceptors (Lipinski definition) is 7. The molecule has 4 rings (SSSR count). The predicted molar refractivity (Wildman–Crippen MR) is 128 cm³/mol. The Bertz CT molecular complexity index is 1420. The Morgan fingerprint density at radius 1 is 0.971 bits per heavy atom. The Morgan fingerprint density at radius 3 is 2.54 bits per heavy atom. The van der Waals surface area contributed by atoms with Gasteiger partial charge >= 0.3 is 5.97 Å². The third kappa shape index (κ3) is 5.25. The van der Waals surface area contributed by atoms with Gasteiger partial charge in [-0.1, -0.05) is 36.4 Å². The molecule has 1 heterocycles. The van der Waals surface area contributed by atoms with E-state index in [9.17, 15) is 19.7 Å². The normalized spacial score (nSPS) is 10.5. The number of fused-ring (bicyclic) bond motifs is 1. The number of rotatable bonds is 8. The summed E-state index contributed by atoms with van der Waals surface area (Å²) in [5.41, 5.74) is 1.30. The summed E-state index contributed by atoms with van der Waals surface area (Å²) in [6.45, 7) is 2.21. The van der Waals surface area contributed by atoms with E-state index in [1.165, 1.54) is 24.4 Å². The number of ether oxygens (including phenoxy) is 2. The van der Waals surface area contributed by atoms with Crippen LogP contribution in [0.3, 0.4) is 0 Å². The van der Waals surface area contributed by atoms with Crippen molar-refractivity contribution in [2.24, 2.45) is 0 Å². The van der Waals surface area contributed by atoms with Gasteiger partial charge in [0.25, 0.3) is 11.6 Å². The Hall–Kier alpha value is -4.79. The largest absolute Gasteiger partial charge is 0.462 e. The van der Waals surface area contributed by atoms with Gasteiger partial charge in [0.1, 0.15) is 11.3 Å². The van der Waals surface area contributed by atoms with Crippen molar-refractivity contribution in [2.75, 3.05) is 6.61 Å². The van der Waals surface area contributed by atoms with Crippen LogP contribution in [0, 0.1) is 10.1 Å². The number of carbonyl (C=O) groups excluding carboxylic acids is 2. The summed E-state index contributed by atoms with van der Waals surface area (Å²) in [5, 5.41) is 15.4. The number of pyridine rings is 1. The minimum absolute atomic E-state index is 0.0213. The first-order valence-corrected chi connectivity index (χ1v) is 10.8. The monoisotopic (exact) mass is 471 g/mol. The number of non-ortho nitro benzene ring substituents is 1. The maximum atomic E-state index is 13.0. The molecule has 0 radical (unpaired) electrons. The van der Waals surface area contributed by atoms with E-state index in [0.29, 0.717) is 5.56 Å². The van der Waals surface area contributed by atoms with E-state index >= 15 is 0 Å². The number of benzene rings is 3. The summed E-state index contributed by atoms with van der Waals surface area (Å²) in [7, 11) is 0. The molecule has 1 amide bonds. The number of nitrogens with zero attached hydrogens (tertiary/aromatic N) is 2. The fraction of sp³-hybridized carbons (Fsp3) is 0.115. The number of esters is 1. The zero-order valence-corrected chi connectivity index (χ0v) is 18.8. The first-order chi connectivity index (χ1) is 17.0. The number of carbonyl (C=O) groups is 2. The predicted octanol–water partition coefficient (Wildman–Crippen LogP) is 5.04. The third-order valence-corrected chi connectivity index (χ3v) is 5.21. The molecule has 9 nitrogen and oxygen atoms in total. The standard InChI is InChI=1S/C26H21N3O6/c1-2-34-26(31)22-13-12-17(20-9-3-4-10-21(20)22)16-28-24(30)23-11-6-14-27-25(23)35-19-8-5-7-18(15-19)29(32)33/h3-15H,2,16H2,1H3,(H,28,30). The molecule has 0 aliphatic rings. The van der Waals surface area contributed by atoms with Crippen molar-refractivity contribution in [3.63, 3.8) is 0 Å². The minimum atomic E-state index is -0.531. The topological polar surface area (TPSA) is 121 Å². The van der Waals surface area contributed by atoms with E-state index in [0.717, 1.165) is 16.3 Å². The van der Waals surface area contributed by atoms with Crippen LogP contribution in [0.4, 0.5) is 5.69 Å². The Morgan fingerprint density at radius 2 is 1.77 bits per heavy atom. The molecular weight excluding hydrogens is 450 g/mol. The molecule has 0 bridgehead atoms. The van der Waals surface area contributed by atoms with Crippen LogP contribution in [0.25, 0.3) is 10.8 Å². The van der Waals surface area contributed by atoms with Crippen LogP contribution in [0.15, 0.2) is 79.0 Å². The molecule has 0 unspecified atom stereocenters. The molecule has 176 valence electrons. The van der Waals surface area contributed by atoms with Gasteiger partial charge in [0.15, 0.2) is 0 Å². The van der Waals surface area contributed by atoms with Gasteiger partial charge in [0, 0.05) is 18.8 Å². The molecule has 9 heteroatoms. The Kier molecular flexibility index (Phi) is 6.96. The van der Waals surface area contributed by atoms with Gasteiger partial charge in [-0.15, -0.1) is 0 Å². The molecule has 35 heavy (non-hydrogen) atoms. The highest BCUT2D eigenvalue weighted by Gasteiger charge is 2.17. The highest BCUT2D eigenvalue weighted by molar-refractivity contribution is 6.05. The first-order valence-electron chi connectivity index (χ1n) is 10.8. The zero-order valence-electron chi connectivity index (χ0n) is 18.8. The molecule has 0 spiro atoms. The molecule has 1 aromatic heterocycles. The fourth-order valence-corrected chi connectivity index (χ4v) is 3.59. The maximum absolute atomic E-state index is 13.0. The SMILES string of the molecule is CCOC(=O)c1ccc(CNC(=O)c2cccnc2Oc2cccc([N+](=O)[O-])c2)c2ccccc12. The lowest BCUT2D eigenvalue weighted by atomic mass is 9.99. The smallest absolute Gasteiger partial charge is 0.338 e. The maximum Gasteiger partial charge on any atom is 0.338 e. The summed E-state index contributed by atoms with van der Waals surface area (Å²) < 4.78 is 10.8. The molecule has 1 N–H and O–H groups in total. The van der Waals surface area contributed by atoms with E-state index in [1.807, 2.05) is 24.3 Å². The lowest BCUT2D eigenvalue weighted by molar-refractivity contribution is -0.384. The van der Waals surface area contributed by atoms with Crippen molar-refractivity contribution in [3.8, 4) is 11.6 Å². The van der Waals surface area contributed by atoms with Gasteiger partial charge < -0.3 is 14.8 Å². The number of hydrogen-bond donors (Lipinski definition) is 1. The second kappa shape index (κ2) is 10.4. The Labute approximate surface area is 200 Å². The summed E-state index contributed by atoms with van der Waals surface area (Å²) in [5.74, 6) is -0.629. The van der Waals surface area contributed by atoms with Gasteiger partial charge in [-0.05, 0) is 47.5 Å². The molecule has 3 aromatic carbocycles. The van der Waals surface area contributed by atoms with E-state index < -0.39 is 16.8 Å². The van der Waals surface area contributed by atoms with E-state index in [2.05, 4.69) is 10.3 Å². The molecule has 0 fully saturated rings. The molecule has 0 saturated heterocycles. The number of amides is 1. The second-order valence-corrected chi connectivity index (χ2v) is 7.43. The Balaban J connectivity index is 1.55. The lowest BCUT2D eigenvalue weighted by Crippen LogP contribution is -2.23. The summed E-state index contributed by atoms with van der Waals surface area (Å²) in [6, 6.07) is 19.6. The lowest BCUT2D eigenvalue weighted by Gasteiger charge is -2.13. The van der Waals surface area contributed by atoms with Gasteiger partial charge in [0.2, 0.25) is 5.88 Å². The minimum Gasteiger partial charge on any atom is -0.462 e. The van der Waals surface area contributed by atoms with E-state index in [1.54, 1.807) is 37.3 Å². The van der Waals surface area contributed by atoms with Gasteiger partial charge in [-0.2, -0.15) is 0 Å². The van der Waals surface area contributed by atoms with Crippen molar-refractivity contribution in [3.05, 3.63) is 106 Å². The fourth-order valence-electron chi connectivity index (χ4n) is 3.59. The number of nitro benzene ring substituents is 1. The number of nitrogens with one attached hydrogen (secondary N) is 1. The highest BCUT2D eigenvalue weighted by atomic mass is 16.6. The molecule has 0 aliphatic carbocycles. The molecule has 4 aromatic rings. The highest BCUT2D eigenvalue weighted by Crippen LogP contribution is 2.27. The van der Waals surface area contributed by atoms with E-state index in [-0.39, 0.29) is 36.0 Å². The van der Waals surface area contributed by atoms with Crippen LogP contribution >= 0.6 is 0 Å². The van der Waals surface area contributed by atoms with Crippen molar-refractivity contribution in [1.82, 2.24) is 10.3 Å². The van der Waals surface area contributed by atoms with Crippen LogP contribution in [0.1, 0.15) is 33.2 Å². The number of aromatic nitrogens is 1. The first kappa shape index (κ1) is 23.4. The summed E-state index contributed by atoms with van der Waals surface area (Å²) in [4.78, 5) is 39.9. The number of nitro groups is 1. The second-order valence-electron chi connectivity index (χ2n) is 7.43. The average molecular weight is 471 g/mol. The average Bonchev–Trinajstić information content (AvgIpc) is 2.87. The van der Waals surface area contributed by atoms with Crippen molar-refractivity contribution < 1.29 is 24.0 Å². The molecule has 0 saturated carbocycles. The summed E-state index contributed by atoms with van der Waals surface area (Å²) >= 11 is 0. The van der Waals surface area contributed by atoms with Gasteiger partial charge in [0.05, 0.1) is 23.2 Å². The van der Waals surface area contributed by atoms with Gasteiger partial charge in [-0.25, -0.2) is 9.78 Å². The van der Waals surface area contributed by atoms with Crippen molar-refractivity contribution in [2.45, 2.75) is 13.5 Å². The van der Waals surface area contributed by atoms with Crippen LogP contribution in [0.5, 0.6) is 11.6 Å². The molecule has 0 atom stereocenters. The third-order valence-electron chi connectivity index (χ3n) is 5.21. The van der Waals surface area contributed by atoms with Crippen molar-refractivity contribution >= 4 is 28.3 Å². The van der Waals surface area contributed by atoms with Crippen LogP contribution in [0.2, 0.25) is 0 Å².